The maximum absolute atomic E-state index is 11.9. The van der Waals surface area contributed by atoms with Gasteiger partial charge in [0.2, 0.25) is 0 Å². The van der Waals surface area contributed by atoms with Crippen molar-refractivity contribution in [2.45, 2.75) is 26.4 Å². The molecule has 4 N–H and O–H groups in total. The first-order chi connectivity index (χ1) is 15.6. The smallest absolute Gasteiger partial charge is 0.252 e. The minimum Gasteiger partial charge on any atom is -0.460 e. The fraction of sp³-hybridized carbons (Fsp3) is 0.208. The lowest BCUT2D eigenvalue weighted by atomic mass is 10.1. The molecule has 0 unspecified atom stereocenters. The third-order valence-corrected chi connectivity index (χ3v) is 5.57. The summed E-state index contributed by atoms with van der Waals surface area (Å²) in [4.78, 5) is 27.1. The van der Waals surface area contributed by atoms with Crippen LogP contribution in [-0.4, -0.2) is 22.5 Å². The van der Waals surface area contributed by atoms with Crippen LogP contribution in [0, 0.1) is 6.92 Å². The Morgan fingerprint density at radius 2 is 2.00 bits per heavy atom. The third kappa shape index (κ3) is 3.70. The largest absolute Gasteiger partial charge is 0.460 e. The normalized spacial score (nSPS) is 13.5. The van der Waals surface area contributed by atoms with Crippen molar-refractivity contribution in [1.29, 1.82) is 0 Å². The molecule has 0 saturated carbocycles. The van der Waals surface area contributed by atoms with Gasteiger partial charge in [0.25, 0.3) is 5.91 Å². The number of benzene rings is 2. The standard InChI is InChI=1S/C24H23N5O3/c1-14-20(17-8-5-9-18(22(25)30)21(17)32-14)24-28-19-13-27-31-11-10-16(19)23(29-24)26-12-15-6-3-2-4-7-15/h2-9,27H,10-13H2,1H3,(H2,25,30)(H,26,28,29). The summed E-state index contributed by atoms with van der Waals surface area (Å²) in [5.74, 6) is 1.38. The maximum Gasteiger partial charge on any atom is 0.252 e. The molecule has 0 radical (unpaired) electrons. The van der Waals surface area contributed by atoms with E-state index in [1.165, 1.54) is 0 Å². The van der Waals surface area contributed by atoms with E-state index in [-0.39, 0.29) is 0 Å². The average molecular weight is 429 g/mol. The highest BCUT2D eigenvalue weighted by Gasteiger charge is 2.23. The van der Waals surface area contributed by atoms with E-state index in [0.29, 0.717) is 48.8 Å². The van der Waals surface area contributed by atoms with Gasteiger partial charge in [-0.3, -0.25) is 4.79 Å². The van der Waals surface area contributed by atoms with Crippen LogP contribution >= 0.6 is 0 Å². The summed E-state index contributed by atoms with van der Waals surface area (Å²) in [6, 6.07) is 15.5. The van der Waals surface area contributed by atoms with Gasteiger partial charge in [0, 0.05) is 23.9 Å². The number of hydrogen-bond donors (Lipinski definition) is 3. The SMILES string of the molecule is Cc1oc2c(C(N)=O)cccc2c1-c1nc2c(c(NCc3ccccc3)n1)CCONC2. The Balaban J connectivity index is 1.63. The molecular formula is C24H23N5O3. The van der Waals surface area contributed by atoms with Crippen LogP contribution in [0.1, 0.15) is 32.9 Å². The number of aryl methyl sites for hydroxylation is 1. The molecule has 8 nitrogen and oxygen atoms in total. The summed E-state index contributed by atoms with van der Waals surface area (Å²) < 4.78 is 5.94. The van der Waals surface area contributed by atoms with E-state index in [9.17, 15) is 4.79 Å². The molecule has 162 valence electrons. The van der Waals surface area contributed by atoms with Crippen molar-refractivity contribution in [2.75, 3.05) is 11.9 Å². The number of aromatic nitrogens is 2. The first-order valence-corrected chi connectivity index (χ1v) is 10.5. The molecule has 0 bridgehead atoms. The zero-order chi connectivity index (χ0) is 22.1. The Kier molecular flexibility index (Phi) is 5.30. The van der Waals surface area contributed by atoms with Crippen molar-refractivity contribution in [3.05, 3.63) is 76.7 Å². The molecule has 2 aromatic carbocycles. The van der Waals surface area contributed by atoms with E-state index in [1.54, 1.807) is 12.1 Å². The molecule has 0 spiro atoms. The molecule has 3 heterocycles. The Labute approximate surface area is 184 Å². The zero-order valence-corrected chi connectivity index (χ0v) is 17.6. The van der Waals surface area contributed by atoms with Crippen LogP contribution in [-0.2, 0) is 24.3 Å². The molecule has 5 rings (SSSR count). The lowest BCUT2D eigenvalue weighted by Crippen LogP contribution is -2.14. The van der Waals surface area contributed by atoms with E-state index >= 15 is 0 Å². The van der Waals surface area contributed by atoms with Gasteiger partial charge in [-0.2, -0.15) is 5.48 Å². The number of furan rings is 1. The van der Waals surface area contributed by atoms with Crippen LogP contribution in [0.5, 0.6) is 0 Å². The van der Waals surface area contributed by atoms with Crippen molar-refractivity contribution < 1.29 is 14.0 Å². The van der Waals surface area contributed by atoms with Gasteiger partial charge in [0.1, 0.15) is 17.2 Å². The Morgan fingerprint density at radius 1 is 1.16 bits per heavy atom. The zero-order valence-electron chi connectivity index (χ0n) is 17.6. The van der Waals surface area contributed by atoms with Gasteiger partial charge in [-0.1, -0.05) is 42.5 Å². The second-order valence-corrected chi connectivity index (χ2v) is 7.66. The minimum atomic E-state index is -0.537. The van der Waals surface area contributed by atoms with Crippen molar-refractivity contribution in [3.63, 3.8) is 0 Å². The van der Waals surface area contributed by atoms with Gasteiger partial charge in [-0.05, 0) is 18.6 Å². The van der Waals surface area contributed by atoms with Gasteiger partial charge >= 0.3 is 0 Å². The Morgan fingerprint density at radius 3 is 2.81 bits per heavy atom. The summed E-state index contributed by atoms with van der Waals surface area (Å²) in [7, 11) is 0. The molecule has 8 heteroatoms. The Hall–Kier alpha value is -3.75. The molecule has 1 amide bonds. The molecule has 32 heavy (non-hydrogen) atoms. The predicted molar refractivity (Wildman–Crippen MR) is 121 cm³/mol. The van der Waals surface area contributed by atoms with Crippen LogP contribution in [0.25, 0.3) is 22.4 Å². The summed E-state index contributed by atoms with van der Waals surface area (Å²) in [5.41, 5.74) is 13.1. The minimum absolute atomic E-state index is 0.337. The van der Waals surface area contributed by atoms with Crippen LogP contribution in [0.4, 0.5) is 5.82 Å². The maximum atomic E-state index is 11.9. The van der Waals surface area contributed by atoms with Crippen molar-refractivity contribution in [3.8, 4) is 11.4 Å². The number of amides is 1. The molecule has 0 fully saturated rings. The number of para-hydroxylation sites is 1. The van der Waals surface area contributed by atoms with Gasteiger partial charge in [0.05, 0.1) is 30.0 Å². The lowest BCUT2D eigenvalue weighted by molar-refractivity contribution is 0.0440. The van der Waals surface area contributed by atoms with Gasteiger partial charge in [-0.15, -0.1) is 0 Å². The summed E-state index contributed by atoms with van der Waals surface area (Å²) in [5, 5.41) is 4.23. The van der Waals surface area contributed by atoms with Crippen molar-refractivity contribution >= 4 is 22.7 Å². The summed E-state index contributed by atoms with van der Waals surface area (Å²) in [6.45, 7) is 3.47. The quantitative estimate of drug-likeness (QED) is 0.445. The average Bonchev–Trinajstić information content (AvgIpc) is 2.96. The van der Waals surface area contributed by atoms with E-state index in [4.69, 9.17) is 25.0 Å². The van der Waals surface area contributed by atoms with Crippen LogP contribution in [0.3, 0.4) is 0 Å². The molecule has 2 aromatic heterocycles. The number of nitrogens with two attached hydrogens (primary N) is 1. The number of nitrogens with one attached hydrogen (secondary N) is 2. The Bertz CT molecular complexity index is 1300. The number of hydroxylamine groups is 1. The number of rotatable bonds is 5. The fourth-order valence-electron chi connectivity index (χ4n) is 4.03. The highest BCUT2D eigenvalue weighted by molar-refractivity contribution is 6.07. The topological polar surface area (TPSA) is 115 Å². The first-order valence-electron chi connectivity index (χ1n) is 10.5. The van der Waals surface area contributed by atoms with E-state index in [2.05, 4.69) is 22.9 Å². The van der Waals surface area contributed by atoms with Crippen LogP contribution in [0.15, 0.2) is 52.9 Å². The van der Waals surface area contributed by atoms with Gasteiger partial charge < -0.3 is 20.3 Å². The molecule has 0 saturated heterocycles. The number of hydrogen-bond acceptors (Lipinski definition) is 7. The van der Waals surface area contributed by atoms with Crippen molar-refractivity contribution in [1.82, 2.24) is 15.4 Å². The van der Waals surface area contributed by atoms with Gasteiger partial charge in [0.15, 0.2) is 5.82 Å². The van der Waals surface area contributed by atoms with Crippen LogP contribution in [0.2, 0.25) is 0 Å². The highest BCUT2D eigenvalue weighted by Crippen LogP contribution is 2.36. The second-order valence-electron chi connectivity index (χ2n) is 7.66. The van der Waals surface area contributed by atoms with Crippen LogP contribution < -0.4 is 16.5 Å². The number of fused-ring (bicyclic) bond motifs is 2. The number of anilines is 1. The molecule has 1 aliphatic rings. The summed E-state index contributed by atoms with van der Waals surface area (Å²) >= 11 is 0. The number of nitrogens with zero attached hydrogens (tertiary/aromatic N) is 2. The van der Waals surface area contributed by atoms with Crippen molar-refractivity contribution in [2.24, 2.45) is 5.73 Å². The molecule has 0 aliphatic carbocycles. The molecule has 0 atom stereocenters. The van der Waals surface area contributed by atoms with Gasteiger partial charge in [-0.25, -0.2) is 9.97 Å². The summed E-state index contributed by atoms with van der Waals surface area (Å²) in [6.07, 6.45) is 0.691. The second kappa shape index (κ2) is 8.41. The number of carbonyl (C=O) groups is 1. The molecular weight excluding hydrogens is 406 g/mol. The predicted octanol–water partition coefficient (Wildman–Crippen LogP) is 3.49. The fourth-order valence-corrected chi connectivity index (χ4v) is 4.03. The molecule has 1 aliphatic heterocycles. The third-order valence-electron chi connectivity index (χ3n) is 5.57. The highest BCUT2D eigenvalue weighted by atomic mass is 16.6. The van der Waals surface area contributed by atoms with E-state index < -0.39 is 5.91 Å². The molecule has 4 aromatic rings. The lowest BCUT2D eigenvalue weighted by Gasteiger charge is -2.14. The first kappa shape index (κ1) is 20.2. The van der Waals surface area contributed by atoms with E-state index in [1.807, 2.05) is 31.2 Å². The monoisotopic (exact) mass is 429 g/mol. The van der Waals surface area contributed by atoms with E-state index in [0.717, 1.165) is 33.6 Å². The number of primary amides is 1. The number of carbonyl (C=O) groups excluding carboxylic acids is 1.